The molecule has 0 bridgehead atoms. The van der Waals surface area contributed by atoms with Gasteiger partial charge in [0, 0.05) is 12.5 Å². The van der Waals surface area contributed by atoms with Crippen LogP contribution in [0.25, 0.3) is 0 Å². The van der Waals surface area contributed by atoms with E-state index in [1.165, 1.54) is 32.1 Å². The van der Waals surface area contributed by atoms with Crippen LogP contribution in [-0.2, 0) is 4.79 Å². The number of aliphatic hydroxyl groups is 1. The van der Waals surface area contributed by atoms with Gasteiger partial charge in [-0.1, -0.05) is 26.2 Å². The molecule has 0 aromatic heterocycles. The molecule has 1 aliphatic rings. The van der Waals surface area contributed by atoms with Gasteiger partial charge in [-0.3, -0.25) is 4.79 Å². The zero-order valence-electron chi connectivity index (χ0n) is 12.2. The maximum atomic E-state index is 11.9. The van der Waals surface area contributed by atoms with Crippen molar-refractivity contribution in [1.82, 2.24) is 5.32 Å². The van der Waals surface area contributed by atoms with Gasteiger partial charge in [0.2, 0.25) is 5.91 Å². The number of amides is 1. The maximum absolute atomic E-state index is 11.9. The SMILES string of the molecule is CCCCC1CCC(C(=O)NCC(C)(C)O)CC1. The van der Waals surface area contributed by atoms with E-state index >= 15 is 0 Å². The Morgan fingerprint density at radius 2 is 1.89 bits per heavy atom. The summed E-state index contributed by atoms with van der Waals surface area (Å²) in [5.74, 6) is 1.14. The summed E-state index contributed by atoms with van der Waals surface area (Å²) < 4.78 is 0. The van der Waals surface area contributed by atoms with Crippen molar-refractivity contribution in [3.63, 3.8) is 0 Å². The monoisotopic (exact) mass is 255 g/mol. The van der Waals surface area contributed by atoms with E-state index in [9.17, 15) is 9.90 Å². The molecule has 0 aromatic rings. The van der Waals surface area contributed by atoms with Gasteiger partial charge >= 0.3 is 0 Å². The molecule has 106 valence electrons. The van der Waals surface area contributed by atoms with Gasteiger partial charge in [0.05, 0.1) is 5.60 Å². The summed E-state index contributed by atoms with van der Waals surface area (Å²) in [6.45, 7) is 6.02. The Labute approximate surface area is 111 Å². The molecule has 0 saturated heterocycles. The molecule has 3 nitrogen and oxygen atoms in total. The molecule has 0 atom stereocenters. The van der Waals surface area contributed by atoms with Crippen LogP contribution in [0.1, 0.15) is 65.7 Å². The van der Waals surface area contributed by atoms with Gasteiger partial charge in [-0.25, -0.2) is 0 Å². The molecule has 1 rings (SSSR count). The Kier molecular flexibility index (Phi) is 6.13. The number of rotatable bonds is 6. The first kappa shape index (κ1) is 15.5. The van der Waals surface area contributed by atoms with E-state index in [1.54, 1.807) is 13.8 Å². The summed E-state index contributed by atoms with van der Waals surface area (Å²) in [4.78, 5) is 11.9. The third-order valence-corrected chi connectivity index (χ3v) is 3.88. The highest BCUT2D eigenvalue weighted by Crippen LogP contribution is 2.31. The van der Waals surface area contributed by atoms with Crippen molar-refractivity contribution in [3.8, 4) is 0 Å². The zero-order valence-corrected chi connectivity index (χ0v) is 12.2. The average molecular weight is 255 g/mol. The molecule has 1 aliphatic carbocycles. The number of hydrogen-bond acceptors (Lipinski definition) is 2. The van der Waals surface area contributed by atoms with Crippen molar-refractivity contribution in [2.24, 2.45) is 11.8 Å². The highest BCUT2D eigenvalue weighted by Gasteiger charge is 2.26. The Morgan fingerprint density at radius 1 is 1.28 bits per heavy atom. The number of unbranched alkanes of at least 4 members (excludes halogenated alkanes) is 1. The molecule has 0 radical (unpaired) electrons. The minimum absolute atomic E-state index is 0.131. The molecule has 0 spiro atoms. The fraction of sp³-hybridized carbons (Fsp3) is 0.933. The molecule has 0 aliphatic heterocycles. The van der Waals surface area contributed by atoms with Gasteiger partial charge in [0.15, 0.2) is 0 Å². The molecule has 0 unspecified atom stereocenters. The zero-order chi connectivity index (χ0) is 13.6. The third-order valence-electron chi connectivity index (χ3n) is 3.88. The van der Waals surface area contributed by atoms with E-state index in [2.05, 4.69) is 12.2 Å². The van der Waals surface area contributed by atoms with Crippen LogP contribution in [0.2, 0.25) is 0 Å². The number of carbonyl (C=O) groups excluding carboxylic acids is 1. The Balaban J connectivity index is 2.23. The second-order valence-electron chi connectivity index (χ2n) is 6.39. The van der Waals surface area contributed by atoms with Gasteiger partial charge in [-0.05, 0) is 45.4 Å². The summed E-state index contributed by atoms with van der Waals surface area (Å²) in [5.41, 5.74) is -0.812. The topological polar surface area (TPSA) is 49.3 Å². The minimum atomic E-state index is -0.812. The summed E-state index contributed by atoms with van der Waals surface area (Å²) in [5, 5.41) is 12.5. The smallest absolute Gasteiger partial charge is 0.223 e. The summed E-state index contributed by atoms with van der Waals surface area (Å²) in [6.07, 6.45) is 8.35. The van der Waals surface area contributed by atoms with E-state index in [4.69, 9.17) is 0 Å². The van der Waals surface area contributed by atoms with Crippen LogP contribution in [-0.4, -0.2) is 23.2 Å². The Morgan fingerprint density at radius 3 is 2.39 bits per heavy atom. The van der Waals surface area contributed by atoms with Crippen LogP contribution in [0, 0.1) is 11.8 Å². The molecule has 1 amide bonds. The van der Waals surface area contributed by atoms with Gasteiger partial charge in [0.25, 0.3) is 0 Å². The van der Waals surface area contributed by atoms with Crippen molar-refractivity contribution in [2.75, 3.05) is 6.54 Å². The van der Waals surface area contributed by atoms with E-state index in [-0.39, 0.29) is 11.8 Å². The highest BCUT2D eigenvalue weighted by molar-refractivity contribution is 5.78. The number of hydrogen-bond donors (Lipinski definition) is 2. The molecule has 18 heavy (non-hydrogen) atoms. The van der Waals surface area contributed by atoms with Crippen molar-refractivity contribution in [2.45, 2.75) is 71.3 Å². The summed E-state index contributed by atoms with van der Waals surface area (Å²) >= 11 is 0. The first-order valence-corrected chi connectivity index (χ1v) is 7.42. The quantitative estimate of drug-likeness (QED) is 0.766. The van der Waals surface area contributed by atoms with Crippen molar-refractivity contribution >= 4 is 5.91 Å². The van der Waals surface area contributed by atoms with Crippen molar-refractivity contribution < 1.29 is 9.90 Å². The predicted octanol–water partition coefficient (Wildman–Crippen LogP) is 2.87. The minimum Gasteiger partial charge on any atom is -0.389 e. The lowest BCUT2D eigenvalue weighted by Gasteiger charge is -2.28. The van der Waals surface area contributed by atoms with Crippen molar-refractivity contribution in [3.05, 3.63) is 0 Å². The lowest BCUT2D eigenvalue weighted by Crippen LogP contribution is -2.41. The van der Waals surface area contributed by atoms with Crippen LogP contribution in [0.4, 0.5) is 0 Å². The fourth-order valence-electron chi connectivity index (χ4n) is 2.65. The molecule has 0 aromatic carbocycles. The maximum Gasteiger partial charge on any atom is 0.223 e. The number of carbonyl (C=O) groups is 1. The summed E-state index contributed by atoms with van der Waals surface area (Å²) in [7, 11) is 0. The molecule has 2 N–H and O–H groups in total. The molecular formula is C15H29NO2. The fourth-order valence-corrected chi connectivity index (χ4v) is 2.65. The van der Waals surface area contributed by atoms with Crippen LogP contribution in [0.3, 0.4) is 0 Å². The number of nitrogens with one attached hydrogen (secondary N) is 1. The van der Waals surface area contributed by atoms with Crippen LogP contribution >= 0.6 is 0 Å². The first-order chi connectivity index (χ1) is 8.42. The predicted molar refractivity (Wildman–Crippen MR) is 74.3 cm³/mol. The summed E-state index contributed by atoms with van der Waals surface area (Å²) in [6, 6.07) is 0. The molecule has 0 heterocycles. The largest absolute Gasteiger partial charge is 0.389 e. The second-order valence-corrected chi connectivity index (χ2v) is 6.39. The molecule has 1 fully saturated rings. The first-order valence-electron chi connectivity index (χ1n) is 7.42. The average Bonchev–Trinajstić information content (AvgIpc) is 2.33. The Hall–Kier alpha value is -0.570. The molecule has 3 heteroatoms. The van der Waals surface area contributed by atoms with Crippen molar-refractivity contribution in [1.29, 1.82) is 0 Å². The second kappa shape index (κ2) is 7.13. The molecule has 1 saturated carbocycles. The van der Waals surface area contributed by atoms with Gasteiger partial charge < -0.3 is 10.4 Å². The standard InChI is InChI=1S/C15H29NO2/c1-4-5-6-12-7-9-13(10-8-12)14(17)16-11-15(2,3)18/h12-13,18H,4-11H2,1-3H3,(H,16,17). The molecular weight excluding hydrogens is 226 g/mol. The van der Waals surface area contributed by atoms with Gasteiger partial charge in [0.1, 0.15) is 0 Å². The van der Waals surface area contributed by atoms with Crippen LogP contribution in [0.15, 0.2) is 0 Å². The Bertz CT molecular complexity index is 250. The van der Waals surface area contributed by atoms with Crippen LogP contribution in [0.5, 0.6) is 0 Å². The van der Waals surface area contributed by atoms with Gasteiger partial charge in [-0.2, -0.15) is 0 Å². The van der Waals surface area contributed by atoms with Crippen LogP contribution < -0.4 is 5.32 Å². The van der Waals surface area contributed by atoms with E-state index in [1.807, 2.05) is 0 Å². The van der Waals surface area contributed by atoms with E-state index in [0.29, 0.717) is 6.54 Å². The highest BCUT2D eigenvalue weighted by atomic mass is 16.3. The van der Waals surface area contributed by atoms with E-state index < -0.39 is 5.60 Å². The normalized spacial score (nSPS) is 24.9. The van der Waals surface area contributed by atoms with E-state index in [0.717, 1.165) is 18.8 Å². The van der Waals surface area contributed by atoms with Gasteiger partial charge in [-0.15, -0.1) is 0 Å². The third kappa shape index (κ3) is 5.85. The lowest BCUT2D eigenvalue weighted by atomic mass is 9.79. The lowest BCUT2D eigenvalue weighted by molar-refractivity contribution is -0.127.